The molecule has 1 aromatic heterocycles. The maximum Gasteiger partial charge on any atom is 0.119 e. The summed E-state index contributed by atoms with van der Waals surface area (Å²) in [7, 11) is 0. The normalized spacial score (nSPS) is 10.1. The Labute approximate surface area is 114 Å². The molecule has 0 bridgehead atoms. The quantitative estimate of drug-likeness (QED) is 0.771. The van der Waals surface area contributed by atoms with Crippen molar-refractivity contribution in [3.05, 3.63) is 72.6 Å². The molecule has 0 saturated heterocycles. The molecule has 19 heavy (non-hydrogen) atoms. The van der Waals surface area contributed by atoms with Gasteiger partial charge in [-0.3, -0.25) is 4.98 Å². The highest BCUT2D eigenvalue weighted by Crippen LogP contribution is 2.12. The number of aromatic nitrogens is 1. The second-order valence-corrected chi connectivity index (χ2v) is 4.20. The summed E-state index contributed by atoms with van der Waals surface area (Å²) in [4.78, 5) is 4.00. The number of nitrogens with zero attached hydrogens (tertiary/aromatic N) is 1. The van der Waals surface area contributed by atoms with Crippen molar-refractivity contribution < 1.29 is 4.74 Å². The van der Waals surface area contributed by atoms with Crippen molar-refractivity contribution in [3.63, 3.8) is 0 Å². The molecule has 2 aromatic rings. The van der Waals surface area contributed by atoms with Gasteiger partial charge in [0.25, 0.3) is 0 Å². The molecule has 0 atom stereocenters. The topological polar surface area (TPSA) is 34.1 Å². The molecule has 0 amide bonds. The highest BCUT2D eigenvalue weighted by atomic mass is 16.5. The maximum absolute atomic E-state index is 5.44. The van der Waals surface area contributed by atoms with E-state index in [4.69, 9.17) is 4.74 Å². The minimum Gasteiger partial charge on any atom is -0.490 e. The van der Waals surface area contributed by atoms with E-state index < -0.39 is 0 Å². The number of pyridine rings is 1. The first-order valence-electron chi connectivity index (χ1n) is 6.31. The third-order valence-corrected chi connectivity index (χ3v) is 2.70. The zero-order valence-electron chi connectivity index (χ0n) is 10.9. The molecule has 3 nitrogen and oxygen atoms in total. The van der Waals surface area contributed by atoms with Crippen LogP contribution in [0.4, 0.5) is 0 Å². The largest absolute Gasteiger partial charge is 0.490 e. The van der Waals surface area contributed by atoms with Crippen molar-refractivity contribution in [2.24, 2.45) is 0 Å². The average molecular weight is 254 g/mol. The summed E-state index contributed by atoms with van der Waals surface area (Å²) >= 11 is 0. The van der Waals surface area contributed by atoms with E-state index in [1.165, 1.54) is 11.1 Å². The Morgan fingerprint density at radius 3 is 2.26 bits per heavy atom. The number of benzene rings is 1. The van der Waals surface area contributed by atoms with Crippen LogP contribution in [0.1, 0.15) is 11.1 Å². The number of rotatable bonds is 7. The average Bonchev–Trinajstić information content (AvgIpc) is 2.47. The summed E-state index contributed by atoms with van der Waals surface area (Å²) in [5.74, 6) is 0.873. The lowest BCUT2D eigenvalue weighted by molar-refractivity contribution is 0.363. The van der Waals surface area contributed by atoms with Gasteiger partial charge in [-0.25, -0.2) is 0 Å². The molecule has 98 valence electrons. The Balaban J connectivity index is 1.78. The monoisotopic (exact) mass is 254 g/mol. The Hall–Kier alpha value is -2.13. The lowest BCUT2D eigenvalue weighted by atomic mass is 10.2. The van der Waals surface area contributed by atoms with Gasteiger partial charge in [-0.1, -0.05) is 24.8 Å². The minimum atomic E-state index is 0.541. The number of nitrogens with one attached hydrogen (secondary N) is 1. The molecule has 1 N–H and O–H groups in total. The van der Waals surface area contributed by atoms with E-state index in [0.717, 1.165) is 18.8 Å². The molecule has 0 aliphatic heterocycles. The van der Waals surface area contributed by atoms with E-state index in [1.807, 2.05) is 36.7 Å². The lowest BCUT2D eigenvalue weighted by Gasteiger charge is -2.07. The molecule has 0 unspecified atom stereocenters. The molecule has 0 spiro atoms. The van der Waals surface area contributed by atoms with E-state index in [-0.39, 0.29) is 0 Å². The highest BCUT2D eigenvalue weighted by Gasteiger charge is 1.96. The second-order valence-electron chi connectivity index (χ2n) is 4.20. The van der Waals surface area contributed by atoms with Gasteiger partial charge in [0.05, 0.1) is 0 Å². The van der Waals surface area contributed by atoms with Gasteiger partial charge in [-0.15, -0.1) is 0 Å². The van der Waals surface area contributed by atoms with Crippen molar-refractivity contribution in [2.45, 2.75) is 13.1 Å². The first-order chi connectivity index (χ1) is 9.38. The van der Waals surface area contributed by atoms with Crippen molar-refractivity contribution in [2.75, 3.05) is 6.61 Å². The van der Waals surface area contributed by atoms with Crippen LogP contribution in [0.2, 0.25) is 0 Å². The van der Waals surface area contributed by atoms with Crippen LogP contribution in [0.25, 0.3) is 0 Å². The molecule has 0 fully saturated rings. The molecular formula is C16H18N2O. The Morgan fingerprint density at radius 1 is 1.00 bits per heavy atom. The van der Waals surface area contributed by atoms with Crippen molar-refractivity contribution in [1.29, 1.82) is 0 Å². The van der Waals surface area contributed by atoms with E-state index in [9.17, 15) is 0 Å². The molecule has 1 aromatic carbocycles. The smallest absolute Gasteiger partial charge is 0.119 e. The summed E-state index contributed by atoms with van der Waals surface area (Å²) in [6, 6.07) is 12.1. The lowest BCUT2D eigenvalue weighted by Crippen LogP contribution is -2.12. The predicted octanol–water partition coefficient (Wildman–Crippen LogP) is 2.94. The maximum atomic E-state index is 5.44. The summed E-state index contributed by atoms with van der Waals surface area (Å²) in [6.07, 6.45) is 5.36. The van der Waals surface area contributed by atoms with Crippen LogP contribution < -0.4 is 10.1 Å². The SMILES string of the molecule is C=CCOc1ccc(CNCc2ccncc2)cc1. The Kier molecular flexibility index (Phi) is 5.14. The Bertz CT molecular complexity index is 494. The standard InChI is InChI=1S/C16H18N2O/c1-2-11-19-16-5-3-14(4-6-16)12-18-13-15-7-9-17-10-8-15/h2-10,18H,1,11-13H2. The fraction of sp³-hybridized carbons (Fsp3) is 0.188. The number of ether oxygens (including phenoxy) is 1. The van der Waals surface area contributed by atoms with Crippen LogP contribution in [-0.4, -0.2) is 11.6 Å². The van der Waals surface area contributed by atoms with Gasteiger partial charge in [-0.05, 0) is 35.4 Å². The predicted molar refractivity (Wildman–Crippen MR) is 76.9 cm³/mol. The van der Waals surface area contributed by atoms with Crippen LogP contribution in [-0.2, 0) is 13.1 Å². The van der Waals surface area contributed by atoms with Gasteiger partial charge in [0, 0.05) is 25.5 Å². The molecule has 0 saturated carbocycles. The van der Waals surface area contributed by atoms with Crippen molar-refractivity contribution >= 4 is 0 Å². The molecule has 1 heterocycles. The van der Waals surface area contributed by atoms with E-state index in [1.54, 1.807) is 6.08 Å². The summed E-state index contributed by atoms with van der Waals surface area (Å²) < 4.78 is 5.44. The van der Waals surface area contributed by atoms with Gasteiger partial charge in [0.2, 0.25) is 0 Å². The van der Waals surface area contributed by atoms with E-state index in [0.29, 0.717) is 6.61 Å². The third-order valence-electron chi connectivity index (χ3n) is 2.70. The fourth-order valence-electron chi connectivity index (χ4n) is 1.71. The highest BCUT2D eigenvalue weighted by molar-refractivity contribution is 5.27. The van der Waals surface area contributed by atoms with Gasteiger partial charge in [-0.2, -0.15) is 0 Å². The number of hydrogen-bond acceptors (Lipinski definition) is 3. The summed E-state index contributed by atoms with van der Waals surface area (Å²) in [6.45, 7) is 5.85. The van der Waals surface area contributed by atoms with Crippen LogP contribution in [0.5, 0.6) is 5.75 Å². The number of hydrogen-bond donors (Lipinski definition) is 1. The van der Waals surface area contributed by atoms with E-state index in [2.05, 4.69) is 29.0 Å². The van der Waals surface area contributed by atoms with Gasteiger partial charge < -0.3 is 10.1 Å². The van der Waals surface area contributed by atoms with Crippen LogP contribution >= 0.6 is 0 Å². The fourth-order valence-corrected chi connectivity index (χ4v) is 1.71. The molecular weight excluding hydrogens is 236 g/mol. The van der Waals surface area contributed by atoms with Crippen LogP contribution in [0.3, 0.4) is 0 Å². The first-order valence-corrected chi connectivity index (χ1v) is 6.31. The van der Waals surface area contributed by atoms with Gasteiger partial charge in [0.15, 0.2) is 0 Å². The summed E-state index contributed by atoms with van der Waals surface area (Å²) in [5, 5.41) is 3.40. The molecule has 0 aliphatic carbocycles. The minimum absolute atomic E-state index is 0.541. The third kappa shape index (κ3) is 4.56. The zero-order chi connectivity index (χ0) is 13.3. The van der Waals surface area contributed by atoms with Crippen molar-refractivity contribution in [1.82, 2.24) is 10.3 Å². The van der Waals surface area contributed by atoms with Gasteiger partial charge in [0.1, 0.15) is 12.4 Å². The van der Waals surface area contributed by atoms with E-state index >= 15 is 0 Å². The zero-order valence-corrected chi connectivity index (χ0v) is 10.9. The molecule has 3 heteroatoms. The van der Waals surface area contributed by atoms with Crippen molar-refractivity contribution in [3.8, 4) is 5.75 Å². The molecule has 0 radical (unpaired) electrons. The summed E-state index contributed by atoms with van der Waals surface area (Å²) in [5.41, 5.74) is 2.47. The molecule has 0 aliphatic rings. The van der Waals surface area contributed by atoms with Crippen LogP contribution in [0.15, 0.2) is 61.4 Å². The van der Waals surface area contributed by atoms with Gasteiger partial charge >= 0.3 is 0 Å². The molecule has 2 rings (SSSR count). The Morgan fingerprint density at radius 2 is 1.63 bits per heavy atom. The first kappa shape index (κ1) is 13.3. The second kappa shape index (κ2) is 7.34. The van der Waals surface area contributed by atoms with Crippen LogP contribution in [0, 0.1) is 0 Å².